The van der Waals surface area contributed by atoms with Crippen molar-refractivity contribution in [3.63, 3.8) is 0 Å². The molecule has 0 saturated carbocycles. The van der Waals surface area contributed by atoms with Crippen molar-refractivity contribution in [3.8, 4) is 0 Å². The molecule has 0 radical (unpaired) electrons. The molecule has 12 nitrogen and oxygen atoms in total. The van der Waals surface area contributed by atoms with Gasteiger partial charge in [0.15, 0.2) is 0 Å². The second-order valence-electron chi connectivity index (χ2n) is 6.34. The summed E-state index contributed by atoms with van der Waals surface area (Å²) in [4.78, 5) is 57.8. The molecular weight excluding hydrogens is 374 g/mol. The van der Waals surface area contributed by atoms with Gasteiger partial charge in [-0.1, -0.05) is 20.3 Å². The molecule has 4 amide bonds. The Balaban J connectivity index is 4.81. The number of aliphatic hydroxyl groups is 1. The summed E-state index contributed by atoms with van der Waals surface area (Å²) >= 11 is 0. The van der Waals surface area contributed by atoms with Crippen LogP contribution in [0, 0.1) is 5.92 Å². The topological polar surface area (TPSA) is 214 Å². The molecule has 160 valence electrons. The number of carbonyl (C=O) groups is 5. The summed E-state index contributed by atoms with van der Waals surface area (Å²) < 4.78 is 0. The van der Waals surface area contributed by atoms with Crippen molar-refractivity contribution in [2.75, 3.05) is 13.2 Å². The van der Waals surface area contributed by atoms with Crippen molar-refractivity contribution >= 4 is 29.6 Å². The lowest BCUT2D eigenvalue weighted by molar-refractivity contribution is -0.142. The van der Waals surface area contributed by atoms with E-state index in [1.165, 1.54) is 0 Å². The van der Waals surface area contributed by atoms with E-state index in [0.717, 1.165) is 0 Å². The minimum Gasteiger partial charge on any atom is -0.480 e. The van der Waals surface area contributed by atoms with Crippen molar-refractivity contribution in [1.82, 2.24) is 16.0 Å². The highest BCUT2D eigenvalue weighted by Gasteiger charge is 2.28. The van der Waals surface area contributed by atoms with Crippen LogP contribution in [0.25, 0.3) is 0 Å². The van der Waals surface area contributed by atoms with Gasteiger partial charge in [0.2, 0.25) is 23.6 Å². The van der Waals surface area contributed by atoms with E-state index < -0.39 is 60.9 Å². The maximum absolute atomic E-state index is 12.4. The second-order valence-corrected chi connectivity index (χ2v) is 6.34. The molecule has 9 N–H and O–H groups in total. The van der Waals surface area contributed by atoms with E-state index in [4.69, 9.17) is 21.7 Å². The monoisotopic (exact) mass is 403 g/mol. The number of hydrogen-bond acceptors (Lipinski definition) is 7. The lowest BCUT2D eigenvalue weighted by Crippen LogP contribution is -2.55. The van der Waals surface area contributed by atoms with Gasteiger partial charge in [0, 0.05) is 6.42 Å². The summed E-state index contributed by atoms with van der Waals surface area (Å²) in [5, 5.41) is 24.5. The molecule has 0 fully saturated rings. The molecule has 0 aliphatic heterocycles. The van der Waals surface area contributed by atoms with Gasteiger partial charge in [-0.15, -0.1) is 0 Å². The van der Waals surface area contributed by atoms with Gasteiger partial charge in [0.05, 0.1) is 19.2 Å². The van der Waals surface area contributed by atoms with Gasteiger partial charge in [-0.3, -0.25) is 19.2 Å². The molecule has 0 aliphatic carbocycles. The Bertz CT molecular complexity index is 584. The number of nitrogens with one attached hydrogen (secondary N) is 3. The fourth-order valence-electron chi connectivity index (χ4n) is 2.10. The molecule has 0 aliphatic rings. The lowest BCUT2D eigenvalue weighted by Gasteiger charge is -2.25. The van der Waals surface area contributed by atoms with E-state index >= 15 is 0 Å². The van der Waals surface area contributed by atoms with Crippen molar-refractivity contribution in [1.29, 1.82) is 0 Å². The van der Waals surface area contributed by atoms with Gasteiger partial charge in [0.1, 0.15) is 12.1 Å². The number of rotatable bonds is 13. The average molecular weight is 403 g/mol. The maximum atomic E-state index is 12.4. The minimum absolute atomic E-state index is 0.0240. The van der Waals surface area contributed by atoms with Crippen LogP contribution in [0.3, 0.4) is 0 Å². The van der Waals surface area contributed by atoms with Crippen LogP contribution in [0.1, 0.15) is 33.1 Å². The number of hydrogen-bond donors (Lipinski definition) is 7. The Morgan fingerprint density at radius 1 is 1.07 bits per heavy atom. The summed E-state index contributed by atoms with van der Waals surface area (Å²) in [5.74, 6) is -4.43. The molecule has 0 aromatic rings. The summed E-state index contributed by atoms with van der Waals surface area (Å²) in [5.41, 5.74) is 10.7. The zero-order chi connectivity index (χ0) is 21.9. The van der Waals surface area contributed by atoms with Crippen LogP contribution in [-0.2, 0) is 24.0 Å². The second kappa shape index (κ2) is 12.6. The van der Waals surface area contributed by atoms with Gasteiger partial charge in [0.25, 0.3) is 0 Å². The maximum Gasteiger partial charge on any atom is 0.328 e. The number of amides is 4. The largest absolute Gasteiger partial charge is 0.480 e. The van der Waals surface area contributed by atoms with Crippen LogP contribution < -0.4 is 27.4 Å². The SMILES string of the molecule is CCC(C)C(NC(=O)C(N)CCC(N)=O)C(=O)NCC(=O)NC(CO)C(=O)O. The Morgan fingerprint density at radius 3 is 2.14 bits per heavy atom. The van der Waals surface area contributed by atoms with Crippen molar-refractivity contribution in [2.24, 2.45) is 17.4 Å². The fourth-order valence-corrected chi connectivity index (χ4v) is 2.10. The summed E-state index contributed by atoms with van der Waals surface area (Å²) in [7, 11) is 0. The molecule has 0 saturated heterocycles. The van der Waals surface area contributed by atoms with Gasteiger partial charge >= 0.3 is 5.97 Å². The number of aliphatic hydroxyl groups excluding tert-OH is 1. The first kappa shape index (κ1) is 25.3. The third-order valence-electron chi connectivity index (χ3n) is 4.07. The number of carbonyl (C=O) groups excluding carboxylic acids is 4. The smallest absolute Gasteiger partial charge is 0.328 e. The average Bonchev–Trinajstić information content (AvgIpc) is 2.65. The number of nitrogens with two attached hydrogens (primary N) is 2. The van der Waals surface area contributed by atoms with E-state index in [1.807, 2.05) is 5.32 Å². The van der Waals surface area contributed by atoms with E-state index in [9.17, 15) is 24.0 Å². The summed E-state index contributed by atoms with van der Waals surface area (Å²) in [6, 6.07) is -3.51. The van der Waals surface area contributed by atoms with E-state index in [1.54, 1.807) is 13.8 Å². The van der Waals surface area contributed by atoms with Crippen LogP contribution in [0.15, 0.2) is 0 Å². The van der Waals surface area contributed by atoms with Gasteiger partial charge in [-0.25, -0.2) is 4.79 Å². The zero-order valence-electron chi connectivity index (χ0n) is 15.9. The number of carboxylic acids is 1. The van der Waals surface area contributed by atoms with Crippen LogP contribution in [0.4, 0.5) is 0 Å². The predicted octanol–water partition coefficient (Wildman–Crippen LogP) is -3.21. The van der Waals surface area contributed by atoms with E-state index in [-0.39, 0.29) is 18.8 Å². The molecule has 0 rings (SSSR count). The number of aliphatic carboxylic acids is 1. The fraction of sp³-hybridized carbons (Fsp3) is 0.688. The van der Waals surface area contributed by atoms with Crippen molar-refractivity contribution in [3.05, 3.63) is 0 Å². The van der Waals surface area contributed by atoms with Gasteiger partial charge < -0.3 is 37.6 Å². The molecule has 0 heterocycles. The highest BCUT2D eigenvalue weighted by molar-refractivity contribution is 5.92. The molecule has 0 bridgehead atoms. The molecular formula is C16H29N5O7. The summed E-state index contributed by atoms with van der Waals surface area (Å²) in [6.07, 6.45) is 0.480. The zero-order valence-corrected chi connectivity index (χ0v) is 15.9. The Hall–Kier alpha value is -2.73. The van der Waals surface area contributed by atoms with Crippen LogP contribution in [-0.4, -0.2) is 71.1 Å². The first-order valence-electron chi connectivity index (χ1n) is 8.78. The lowest BCUT2D eigenvalue weighted by atomic mass is 9.97. The van der Waals surface area contributed by atoms with Crippen LogP contribution in [0.5, 0.6) is 0 Å². The molecule has 4 unspecified atom stereocenters. The van der Waals surface area contributed by atoms with Gasteiger partial charge in [-0.05, 0) is 12.3 Å². The van der Waals surface area contributed by atoms with E-state index in [0.29, 0.717) is 6.42 Å². The first-order chi connectivity index (χ1) is 13.0. The third kappa shape index (κ3) is 9.28. The Labute approximate surface area is 162 Å². The predicted molar refractivity (Wildman–Crippen MR) is 97.5 cm³/mol. The molecule has 0 aromatic heterocycles. The number of primary amides is 1. The van der Waals surface area contributed by atoms with Crippen LogP contribution in [0.2, 0.25) is 0 Å². The standard InChI is InChI=1S/C16H29N5O7/c1-3-8(2)13(21-14(25)9(17)4-5-11(18)23)15(26)19-6-12(24)20-10(7-22)16(27)28/h8-10,13,22H,3-7,17H2,1-2H3,(H2,18,23)(H,19,26)(H,20,24)(H,21,25)(H,27,28). The quantitative estimate of drug-likeness (QED) is 0.166. The minimum atomic E-state index is -1.49. The summed E-state index contributed by atoms with van der Waals surface area (Å²) in [6.45, 7) is 2.17. The molecule has 12 heteroatoms. The van der Waals surface area contributed by atoms with Crippen molar-refractivity contribution in [2.45, 2.75) is 51.2 Å². The molecule has 0 aromatic carbocycles. The highest BCUT2D eigenvalue weighted by Crippen LogP contribution is 2.09. The molecule has 0 spiro atoms. The Morgan fingerprint density at radius 2 is 1.68 bits per heavy atom. The normalized spacial score (nSPS) is 14.9. The van der Waals surface area contributed by atoms with E-state index in [2.05, 4.69) is 10.6 Å². The molecule has 4 atom stereocenters. The number of carboxylic acid groups (broad SMARTS) is 1. The highest BCUT2D eigenvalue weighted by atomic mass is 16.4. The third-order valence-corrected chi connectivity index (χ3v) is 4.07. The Kier molecular flexibility index (Phi) is 11.4. The van der Waals surface area contributed by atoms with Crippen LogP contribution >= 0.6 is 0 Å². The first-order valence-corrected chi connectivity index (χ1v) is 8.78. The van der Waals surface area contributed by atoms with Crippen molar-refractivity contribution < 1.29 is 34.2 Å². The molecule has 28 heavy (non-hydrogen) atoms. The van der Waals surface area contributed by atoms with Gasteiger partial charge in [-0.2, -0.15) is 0 Å².